The van der Waals surface area contributed by atoms with Crippen LogP contribution in [0.2, 0.25) is 0 Å². The second-order valence-corrected chi connectivity index (χ2v) is 8.21. The maximum absolute atomic E-state index is 12.5. The quantitative estimate of drug-likeness (QED) is 0.250. The second-order valence-electron chi connectivity index (χ2n) is 6.65. The van der Waals surface area contributed by atoms with Crippen molar-refractivity contribution in [2.75, 3.05) is 5.32 Å². The molecule has 1 aromatic heterocycles. The number of benzene rings is 2. The van der Waals surface area contributed by atoms with Gasteiger partial charge in [-0.05, 0) is 48.9 Å². The van der Waals surface area contributed by atoms with Crippen LogP contribution in [0.15, 0.2) is 69.5 Å². The van der Waals surface area contributed by atoms with Crippen LogP contribution in [0.4, 0.5) is 11.4 Å². The highest BCUT2D eigenvalue weighted by Gasteiger charge is 2.15. The summed E-state index contributed by atoms with van der Waals surface area (Å²) in [5.41, 5.74) is 0.885. The average molecular weight is 452 g/mol. The molecule has 0 aliphatic carbocycles. The van der Waals surface area contributed by atoms with Crippen molar-refractivity contribution >= 4 is 33.4 Å². The number of amides is 1. The number of non-ortho nitro benzene ring substituents is 1. The Labute approximate surface area is 182 Å². The second kappa shape index (κ2) is 8.84. The van der Waals surface area contributed by atoms with E-state index >= 15 is 0 Å². The van der Waals surface area contributed by atoms with E-state index in [1.54, 1.807) is 19.1 Å². The number of nitrogens with zero attached hydrogens (tertiary/aromatic N) is 2. The van der Waals surface area contributed by atoms with Crippen molar-refractivity contribution in [3.05, 3.63) is 81.6 Å². The lowest BCUT2D eigenvalue weighted by Crippen LogP contribution is -2.14. The fraction of sp³-hybridized carbons (Fsp3) is 0.0476. The first kappa shape index (κ1) is 22.4. The first-order valence-corrected chi connectivity index (χ1v) is 10.5. The summed E-state index contributed by atoms with van der Waals surface area (Å²) in [5, 5.41) is 27.9. The van der Waals surface area contributed by atoms with E-state index in [1.807, 2.05) is 0 Å². The van der Waals surface area contributed by atoms with Crippen LogP contribution >= 0.6 is 0 Å². The molecule has 0 radical (unpaired) electrons. The first-order valence-electron chi connectivity index (χ1n) is 9.00. The third-order valence-corrected chi connectivity index (χ3v) is 5.36. The third-order valence-electron chi connectivity index (χ3n) is 4.43. The predicted molar refractivity (Wildman–Crippen MR) is 116 cm³/mol. The Hall–Kier alpha value is -4.27. The fourth-order valence-electron chi connectivity index (χ4n) is 2.73. The molecule has 0 spiro atoms. The lowest BCUT2D eigenvalue weighted by molar-refractivity contribution is -0.384. The SMILES string of the molecule is Cc1ccc([N+](=O)[O-])cc1NC(=O)C(C#N)=Cc1ccc(-c2ccc(S(N)(=O)=O)cc2)o1. The standard InChI is InChI=1S/C21H16N4O6S/c1-13-2-5-16(25(27)28)11-19(13)24-21(26)15(12-22)10-17-6-9-20(31-17)14-3-7-18(8-4-14)32(23,29)30/h2-11H,1H3,(H,24,26)(H2,23,29,30). The molecule has 162 valence electrons. The summed E-state index contributed by atoms with van der Waals surface area (Å²) in [6.45, 7) is 1.66. The Morgan fingerprint density at radius 3 is 2.47 bits per heavy atom. The maximum Gasteiger partial charge on any atom is 0.271 e. The molecule has 0 atom stereocenters. The topological polar surface area (TPSA) is 169 Å². The van der Waals surface area contributed by atoms with Gasteiger partial charge in [0.2, 0.25) is 10.0 Å². The van der Waals surface area contributed by atoms with Crippen LogP contribution in [0.3, 0.4) is 0 Å². The normalized spacial score (nSPS) is 11.6. The summed E-state index contributed by atoms with van der Waals surface area (Å²) >= 11 is 0. The van der Waals surface area contributed by atoms with Crippen LogP contribution < -0.4 is 10.5 Å². The molecule has 2 aromatic carbocycles. The molecule has 0 fully saturated rings. The molecule has 1 amide bonds. The first-order chi connectivity index (χ1) is 15.1. The van der Waals surface area contributed by atoms with Crippen molar-refractivity contribution in [1.29, 1.82) is 5.26 Å². The molecule has 0 aliphatic heterocycles. The summed E-state index contributed by atoms with van der Waals surface area (Å²) in [7, 11) is -3.82. The number of nitrogens with one attached hydrogen (secondary N) is 1. The Bertz CT molecular complexity index is 1380. The van der Waals surface area contributed by atoms with Gasteiger partial charge in [-0.1, -0.05) is 6.07 Å². The van der Waals surface area contributed by atoms with Crippen molar-refractivity contribution < 1.29 is 22.6 Å². The molecule has 0 aliphatic rings. The van der Waals surface area contributed by atoms with E-state index in [2.05, 4.69) is 5.32 Å². The molecule has 0 saturated heterocycles. The Morgan fingerprint density at radius 2 is 1.88 bits per heavy atom. The van der Waals surface area contributed by atoms with Gasteiger partial charge in [0.25, 0.3) is 11.6 Å². The molecule has 1 heterocycles. The van der Waals surface area contributed by atoms with E-state index in [0.29, 0.717) is 16.9 Å². The molecule has 10 nitrogen and oxygen atoms in total. The zero-order valence-corrected chi connectivity index (χ0v) is 17.4. The third kappa shape index (κ3) is 5.07. The van der Waals surface area contributed by atoms with Crippen molar-refractivity contribution in [2.45, 2.75) is 11.8 Å². The highest BCUT2D eigenvalue weighted by molar-refractivity contribution is 7.89. The molecular weight excluding hydrogens is 436 g/mol. The average Bonchev–Trinajstić information content (AvgIpc) is 3.21. The number of anilines is 1. The number of aryl methyl sites for hydroxylation is 1. The Morgan fingerprint density at radius 1 is 1.19 bits per heavy atom. The monoisotopic (exact) mass is 452 g/mol. The molecule has 0 bridgehead atoms. The smallest absolute Gasteiger partial charge is 0.271 e. The van der Waals surface area contributed by atoms with Gasteiger partial charge in [-0.25, -0.2) is 13.6 Å². The minimum atomic E-state index is -3.82. The van der Waals surface area contributed by atoms with Gasteiger partial charge >= 0.3 is 0 Å². The molecular formula is C21H16N4O6S. The van der Waals surface area contributed by atoms with Gasteiger partial charge in [-0.2, -0.15) is 5.26 Å². The Balaban J connectivity index is 1.82. The molecule has 3 aromatic rings. The summed E-state index contributed by atoms with van der Waals surface area (Å²) in [6, 6.07) is 14.6. The van der Waals surface area contributed by atoms with Gasteiger partial charge in [0.1, 0.15) is 23.2 Å². The van der Waals surface area contributed by atoms with E-state index in [1.165, 1.54) is 54.6 Å². The molecule has 3 N–H and O–H groups in total. The number of carbonyl (C=O) groups is 1. The van der Waals surface area contributed by atoms with Gasteiger partial charge in [-0.3, -0.25) is 14.9 Å². The number of furan rings is 1. The highest BCUT2D eigenvalue weighted by atomic mass is 32.2. The summed E-state index contributed by atoms with van der Waals surface area (Å²) in [5.74, 6) is -0.172. The number of primary sulfonamides is 1. The zero-order valence-electron chi connectivity index (χ0n) is 16.6. The molecule has 32 heavy (non-hydrogen) atoms. The maximum atomic E-state index is 12.5. The minimum Gasteiger partial charge on any atom is -0.457 e. The van der Waals surface area contributed by atoms with Gasteiger partial charge in [0.15, 0.2) is 0 Å². The summed E-state index contributed by atoms with van der Waals surface area (Å²) in [4.78, 5) is 22.8. The van der Waals surface area contributed by atoms with Gasteiger partial charge in [0.05, 0.1) is 15.5 Å². The van der Waals surface area contributed by atoms with E-state index in [0.717, 1.165) is 0 Å². The summed E-state index contributed by atoms with van der Waals surface area (Å²) in [6.07, 6.45) is 1.23. The van der Waals surface area contributed by atoms with Gasteiger partial charge in [-0.15, -0.1) is 0 Å². The molecule has 11 heteroatoms. The number of carbonyl (C=O) groups excluding carboxylic acids is 1. The molecule has 0 unspecified atom stereocenters. The van der Waals surface area contributed by atoms with Crippen LogP contribution in [0, 0.1) is 28.4 Å². The van der Waals surface area contributed by atoms with Gasteiger partial charge in [0, 0.05) is 23.8 Å². The number of hydrogen-bond donors (Lipinski definition) is 2. The predicted octanol–water partition coefficient (Wildman–Crippen LogP) is 3.36. The van der Waals surface area contributed by atoms with Crippen LogP contribution in [0.25, 0.3) is 17.4 Å². The molecule has 3 rings (SSSR count). The van der Waals surface area contributed by atoms with Crippen molar-refractivity contribution in [1.82, 2.24) is 0 Å². The largest absolute Gasteiger partial charge is 0.457 e. The fourth-order valence-corrected chi connectivity index (χ4v) is 3.25. The lowest BCUT2D eigenvalue weighted by atomic mass is 10.1. The number of nitriles is 1. The van der Waals surface area contributed by atoms with Gasteiger partial charge < -0.3 is 9.73 Å². The van der Waals surface area contributed by atoms with Crippen molar-refractivity contribution in [3.8, 4) is 17.4 Å². The van der Waals surface area contributed by atoms with Crippen molar-refractivity contribution in [2.24, 2.45) is 5.14 Å². The van der Waals surface area contributed by atoms with Crippen LogP contribution in [0.1, 0.15) is 11.3 Å². The number of nitro groups is 1. The van der Waals surface area contributed by atoms with Crippen LogP contribution in [-0.2, 0) is 14.8 Å². The minimum absolute atomic E-state index is 0.0483. The zero-order chi connectivity index (χ0) is 23.5. The number of sulfonamides is 1. The van der Waals surface area contributed by atoms with Crippen LogP contribution in [-0.4, -0.2) is 19.2 Å². The molecule has 0 saturated carbocycles. The number of hydrogen-bond acceptors (Lipinski definition) is 7. The number of nitrogens with two attached hydrogens (primary N) is 1. The van der Waals surface area contributed by atoms with Crippen LogP contribution in [0.5, 0.6) is 0 Å². The lowest BCUT2D eigenvalue weighted by Gasteiger charge is -2.07. The number of nitro benzene ring substituents is 1. The van der Waals surface area contributed by atoms with E-state index in [4.69, 9.17) is 9.56 Å². The summed E-state index contributed by atoms with van der Waals surface area (Å²) < 4.78 is 28.3. The van der Waals surface area contributed by atoms with E-state index in [-0.39, 0.29) is 27.6 Å². The van der Waals surface area contributed by atoms with E-state index < -0.39 is 20.9 Å². The number of rotatable bonds is 6. The van der Waals surface area contributed by atoms with E-state index in [9.17, 15) is 28.6 Å². The van der Waals surface area contributed by atoms with Crippen molar-refractivity contribution in [3.63, 3.8) is 0 Å². The highest BCUT2D eigenvalue weighted by Crippen LogP contribution is 2.26. The Kier molecular flexibility index (Phi) is 6.20.